The van der Waals surface area contributed by atoms with E-state index in [4.69, 9.17) is 4.98 Å². The van der Waals surface area contributed by atoms with E-state index in [1.54, 1.807) is 23.1 Å². The molecule has 33 heavy (non-hydrogen) atoms. The fourth-order valence-electron chi connectivity index (χ4n) is 4.65. The number of pyridine rings is 1. The topological polar surface area (TPSA) is 12.9 Å². The monoisotopic (exact) mass is 479 g/mol. The smallest absolute Gasteiger partial charge is 0.179 e. The standard InChI is InChI=1S/C29H25NS2Si/c1-22-20-32-21-27(22)28-18-26(19-29(30-28)31-2)33(23-12-6-3-7-13-23,24-14-8-4-9-15-24)25-16-10-5-11-17-25/h3-21H,1-2H3. The van der Waals surface area contributed by atoms with Gasteiger partial charge in [0.05, 0.1) is 10.7 Å². The molecule has 0 amide bonds. The second-order valence-corrected chi connectivity index (χ2v) is 13.5. The van der Waals surface area contributed by atoms with Crippen LogP contribution in [0.25, 0.3) is 11.3 Å². The molecule has 0 N–H and O–H groups in total. The van der Waals surface area contributed by atoms with Gasteiger partial charge in [0.15, 0.2) is 8.07 Å². The highest BCUT2D eigenvalue weighted by molar-refractivity contribution is 7.98. The highest BCUT2D eigenvalue weighted by Crippen LogP contribution is 2.27. The number of aromatic nitrogens is 1. The van der Waals surface area contributed by atoms with E-state index >= 15 is 0 Å². The Hall–Kier alpha value is -2.92. The zero-order chi connectivity index (χ0) is 22.7. The van der Waals surface area contributed by atoms with Gasteiger partial charge in [-0.05, 0) is 57.0 Å². The van der Waals surface area contributed by atoms with Gasteiger partial charge in [0.2, 0.25) is 0 Å². The number of thioether (sulfide) groups is 1. The second-order valence-electron chi connectivity index (χ2n) is 8.10. The molecule has 0 bridgehead atoms. The van der Waals surface area contributed by atoms with Crippen LogP contribution in [0.15, 0.2) is 119 Å². The van der Waals surface area contributed by atoms with Crippen molar-refractivity contribution >= 4 is 51.9 Å². The predicted octanol–water partition coefficient (Wildman–Crippen LogP) is 5.22. The van der Waals surface area contributed by atoms with E-state index in [0.29, 0.717) is 0 Å². The molecule has 0 fully saturated rings. The summed E-state index contributed by atoms with van der Waals surface area (Å²) in [6.45, 7) is 2.18. The number of thiophene rings is 1. The van der Waals surface area contributed by atoms with Gasteiger partial charge >= 0.3 is 0 Å². The maximum Gasteiger partial charge on any atom is 0.179 e. The summed E-state index contributed by atoms with van der Waals surface area (Å²) in [5.41, 5.74) is 3.58. The fraction of sp³-hybridized carbons (Fsp3) is 0.0690. The molecule has 0 radical (unpaired) electrons. The number of benzene rings is 3. The molecule has 1 nitrogen and oxygen atoms in total. The summed E-state index contributed by atoms with van der Waals surface area (Å²) in [7, 11) is -2.56. The highest BCUT2D eigenvalue weighted by Gasteiger charge is 2.41. The molecular formula is C29H25NS2Si. The zero-order valence-corrected chi connectivity index (χ0v) is 21.4. The minimum absolute atomic E-state index is 1.06. The van der Waals surface area contributed by atoms with Gasteiger partial charge in [0, 0.05) is 10.9 Å². The Bertz CT molecular complexity index is 1250. The molecule has 4 heteroatoms. The Balaban J connectivity index is 1.91. The Morgan fingerprint density at radius 2 is 1.18 bits per heavy atom. The summed E-state index contributed by atoms with van der Waals surface area (Å²) in [5.74, 6) is 0. The molecule has 0 unspecified atom stereocenters. The van der Waals surface area contributed by atoms with E-state index in [-0.39, 0.29) is 0 Å². The molecule has 0 saturated heterocycles. The van der Waals surface area contributed by atoms with Crippen LogP contribution in [0.3, 0.4) is 0 Å². The van der Waals surface area contributed by atoms with Crippen LogP contribution in [0.5, 0.6) is 0 Å². The maximum absolute atomic E-state index is 5.04. The van der Waals surface area contributed by atoms with E-state index in [1.807, 2.05) is 0 Å². The molecule has 0 aliphatic heterocycles. The van der Waals surface area contributed by atoms with E-state index in [2.05, 4.69) is 127 Å². The molecule has 5 aromatic rings. The van der Waals surface area contributed by atoms with Gasteiger partial charge in [0.25, 0.3) is 0 Å². The van der Waals surface area contributed by atoms with Crippen LogP contribution in [0, 0.1) is 6.92 Å². The van der Waals surface area contributed by atoms with Gasteiger partial charge < -0.3 is 0 Å². The van der Waals surface area contributed by atoms with Crippen molar-refractivity contribution in [2.75, 3.05) is 6.26 Å². The summed E-state index contributed by atoms with van der Waals surface area (Å²) in [6, 6.07) is 37.9. The van der Waals surface area contributed by atoms with Gasteiger partial charge in [-0.25, -0.2) is 4.98 Å². The molecule has 0 aliphatic rings. The first-order valence-electron chi connectivity index (χ1n) is 11.0. The van der Waals surface area contributed by atoms with Crippen LogP contribution in [-0.4, -0.2) is 19.3 Å². The summed E-state index contributed by atoms with van der Waals surface area (Å²) in [4.78, 5) is 5.04. The number of hydrogen-bond acceptors (Lipinski definition) is 3. The zero-order valence-electron chi connectivity index (χ0n) is 18.7. The summed E-state index contributed by atoms with van der Waals surface area (Å²) >= 11 is 3.46. The molecule has 0 spiro atoms. The van der Waals surface area contributed by atoms with E-state index in [1.165, 1.54) is 31.9 Å². The first-order valence-corrected chi connectivity index (χ1v) is 15.2. The second kappa shape index (κ2) is 9.52. The average Bonchev–Trinajstić information content (AvgIpc) is 3.32. The summed E-state index contributed by atoms with van der Waals surface area (Å²) in [6.07, 6.45) is 2.12. The molecule has 0 aliphatic carbocycles. The average molecular weight is 480 g/mol. The highest BCUT2D eigenvalue weighted by atomic mass is 32.2. The molecule has 2 heterocycles. The molecule has 0 atom stereocenters. The largest absolute Gasteiger partial charge is 0.241 e. The van der Waals surface area contributed by atoms with E-state index in [0.717, 1.165) is 10.7 Å². The van der Waals surface area contributed by atoms with E-state index < -0.39 is 8.07 Å². The van der Waals surface area contributed by atoms with Crippen molar-refractivity contribution in [2.45, 2.75) is 11.9 Å². The van der Waals surface area contributed by atoms with Gasteiger partial charge in [-0.3, -0.25) is 0 Å². The number of nitrogens with zero attached hydrogens (tertiary/aromatic N) is 1. The van der Waals surface area contributed by atoms with Gasteiger partial charge in [-0.2, -0.15) is 11.3 Å². The molecule has 0 saturated carbocycles. The lowest BCUT2D eigenvalue weighted by atomic mass is 10.1. The lowest BCUT2D eigenvalue weighted by molar-refractivity contribution is 1.15. The van der Waals surface area contributed by atoms with Gasteiger partial charge in [0.1, 0.15) is 0 Å². The number of aryl methyl sites for hydroxylation is 1. The Morgan fingerprint density at radius 3 is 1.61 bits per heavy atom. The van der Waals surface area contributed by atoms with Crippen molar-refractivity contribution in [3.05, 3.63) is 119 Å². The molecule has 5 rings (SSSR count). The third-order valence-corrected chi connectivity index (χ3v) is 12.4. The minimum atomic E-state index is -2.56. The van der Waals surface area contributed by atoms with Crippen LogP contribution in [0.1, 0.15) is 5.56 Å². The van der Waals surface area contributed by atoms with E-state index in [9.17, 15) is 0 Å². The van der Waals surface area contributed by atoms with Crippen LogP contribution in [-0.2, 0) is 0 Å². The van der Waals surface area contributed by atoms with Crippen LogP contribution in [0.4, 0.5) is 0 Å². The van der Waals surface area contributed by atoms with Crippen LogP contribution >= 0.6 is 23.1 Å². The third kappa shape index (κ3) is 3.99. The van der Waals surface area contributed by atoms with Crippen molar-refractivity contribution in [3.8, 4) is 11.3 Å². The first-order chi connectivity index (χ1) is 16.2. The SMILES string of the molecule is CSc1cc([Si](c2ccccc2)(c2ccccc2)c2ccccc2)cc(-c2cscc2C)n1. The van der Waals surface area contributed by atoms with Crippen LogP contribution in [0.2, 0.25) is 0 Å². The Labute approximate surface area is 205 Å². The van der Waals surface area contributed by atoms with Crippen molar-refractivity contribution in [2.24, 2.45) is 0 Å². The number of hydrogen-bond donors (Lipinski definition) is 0. The lowest BCUT2D eigenvalue weighted by Crippen LogP contribution is -2.74. The molecule has 3 aromatic carbocycles. The van der Waals surface area contributed by atoms with Gasteiger partial charge in [-0.15, -0.1) is 11.8 Å². The minimum Gasteiger partial charge on any atom is -0.241 e. The normalized spacial score (nSPS) is 11.5. The lowest BCUT2D eigenvalue weighted by Gasteiger charge is -2.34. The summed E-state index contributed by atoms with van der Waals surface area (Å²) in [5, 5.41) is 11.0. The van der Waals surface area contributed by atoms with Crippen LogP contribution < -0.4 is 20.7 Å². The van der Waals surface area contributed by atoms with Gasteiger partial charge in [-0.1, -0.05) is 91.0 Å². The van der Waals surface area contributed by atoms with Crippen molar-refractivity contribution in [1.82, 2.24) is 4.98 Å². The number of rotatable bonds is 6. The summed E-state index contributed by atoms with van der Waals surface area (Å²) < 4.78 is 0. The molecule has 162 valence electrons. The molecular weight excluding hydrogens is 455 g/mol. The third-order valence-electron chi connectivity index (χ3n) is 6.20. The first kappa shape index (κ1) is 21.9. The Morgan fingerprint density at radius 1 is 0.667 bits per heavy atom. The Kier molecular flexibility index (Phi) is 6.32. The quantitative estimate of drug-likeness (QED) is 0.188. The van der Waals surface area contributed by atoms with Crippen molar-refractivity contribution < 1.29 is 0 Å². The predicted molar refractivity (Wildman–Crippen MR) is 148 cm³/mol. The maximum atomic E-state index is 5.04. The van der Waals surface area contributed by atoms with Crippen molar-refractivity contribution in [1.29, 1.82) is 0 Å². The fourth-order valence-corrected chi connectivity index (χ4v) is 10.8. The molecule has 2 aromatic heterocycles. The van der Waals surface area contributed by atoms with Crippen molar-refractivity contribution in [3.63, 3.8) is 0 Å².